The Morgan fingerprint density at radius 2 is 2.05 bits per heavy atom. The van der Waals surface area contributed by atoms with Crippen LogP contribution in [0.1, 0.15) is 37.7 Å². The number of aromatic nitrogens is 2. The number of benzene rings is 1. The second-order valence-electron chi connectivity index (χ2n) is 4.74. The molecule has 0 bridgehead atoms. The first-order valence-corrected chi connectivity index (χ1v) is 8.29. The number of nitrogen functional groups attached to an aromatic ring is 1. The molecule has 112 valence electrons. The van der Waals surface area contributed by atoms with Gasteiger partial charge in [0.15, 0.2) is 0 Å². The van der Waals surface area contributed by atoms with Gasteiger partial charge in [0.1, 0.15) is 5.84 Å². The fourth-order valence-corrected chi connectivity index (χ4v) is 3.20. The van der Waals surface area contributed by atoms with Gasteiger partial charge in [-0.3, -0.25) is 5.41 Å². The van der Waals surface area contributed by atoms with Crippen molar-refractivity contribution >= 4 is 17.6 Å². The van der Waals surface area contributed by atoms with Gasteiger partial charge in [0, 0.05) is 10.6 Å². The molecule has 0 aliphatic rings. The van der Waals surface area contributed by atoms with Gasteiger partial charge in [0.25, 0.3) is 0 Å². The highest BCUT2D eigenvalue weighted by molar-refractivity contribution is 7.99. The maximum atomic E-state index is 7.95. The molecule has 0 amide bonds. The van der Waals surface area contributed by atoms with Crippen molar-refractivity contribution in [1.82, 2.24) is 9.78 Å². The van der Waals surface area contributed by atoms with E-state index in [1.807, 2.05) is 22.9 Å². The largest absolute Gasteiger partial charge is 0.384 e. The summed E-state index contributed by atoms with van der Waals surface area (Å²) >= 11 is 1.70. The number of hydrogen-bond acceptors (Lipinski definition) is 3. The van der Waals surface area contributed by atoms with E-state index in [1.54, 1.807) is 11.8 Å². The first-order valence-electron chi connectivity index (χ1n) is 7.30. The fourth-order valence-electron chi connectivity index (χ4n) is 2.35. The minimum atomic E-state index is 0.0946. The van der Waals surface area contributed by atoms with E-state index in [2.05, 4.69) is 31.9 Å². The molecule has 0 atom stereocenters. The van der Waals surface area contributed by atoms with Crippen LogP contribution in [0, 0.1) is 5.41 Å². The van der Waals surface area contributed by atoms with Gasteiger partial charge >= 0.3 is 0 Å². The van der Waals surface area contributed by atoms with E-state index in [4.69, 9.17) is 11.1 Å². The minimum absolute atomic E-state index is 0.0946. The quantitative estimate of drug-likeness (QED) is 0.488. The van der Waals surface area contributed by atoms with E-state index >= 15 is 0 Å². The smallest absolute Gasteiger partial charge is 0.126 e. The average Bonchev–Trinajstić information content (AvgIpc) is 2.90. The van der Waals surface area contributed by atoms with Crippen molar-refractivity contribution < 1.29 is 0 Å². The topological polar surface area (TPSA) is 67.7 Å². The maximum absolute atomic E-state index is 7.95. The van der Waals surface area contributed by atoms with Gasteiger partial charge in [-0.1, -0.05) is 26.8 Å². The van der Waals surface area contributed by atoms with Crippen LogP contribution in [0.25, 0.3) is 5.69 Å². The normalized spacial score (nSPS) is 10.8. The third-order valence-electron chi connectivity index (χ3n) is 3.36. The lowest BCUT2D eigenvalue weighted by Crippen LogP contribution is -2.17. The van der Waals surface area contributed by atoms with Crippen molar-refractivity contribution in [3.8, 4) is 5.69 Å². The average molecular weight is 302 g/mol. The minimum Gasteiger partial charge on any atom is -0.384 e. The first-order chi connectivity index (χ1) is 10.1. The van der Waals surface area contributed by atoms with Crippen molar-refractivity contribution in [3.05, 3.63) is 41.2 Å². The molecule has 4 nitrogen and oxygen atoms in total. The zero-order chi connectivity index (χ0) is 15.4. The molecule has 1 aromatic carbocycles. The number of nitrogens with zero attached hydrogens (tertiary/aromatic N) is 2. The Morgan fingerprint density at radius 1 is 1.29 bits per heavy atom. The molecule has 0 saturated carbocycles. The standard InChI is InChI=1S/C16H22N4S/c1-4-11-10-12(5-2)20(19-11)13-8-7-9-14(21-6-3)15(13)16(17)18/h7-10H,4-6H2,1-3H3,(H3,17,18). The Labute approximate surface area is 130 Å². The number of thioether (sulfide) groups is 1. The molecule has 3 N–H and O–H groups in total. The van der Waals surface area contributed by atoms with Crippen molar-refractivity contribution in [2.75, 3.05) is 5.75 Å². The zero-order valence-corrected chi connectivity index (χ0v) is 13.6. The summed E-state index contributed by atoms with van der Waals surface area (Å²) < 4.78 is 1.94. The monoisotopic (exact) mass is 302 g/mol. The van der Waals surface area contributed by atoms with Gasteiger partial charge in [-0.05, 0) is 36.8 Å². The molecular formula is C16H22N4S. The van der Waals surface area contributed by atoms with E-state index in [-0.39, 0.29) is 5.84 Å². The molecule has 0 aliphatic carbocycles. The summed E-state index contributed by atoms with van der Waals surface area (Å²) in [5.41, 5.74) is 9.74. The van der Waals surface area contributed by atoms with Crippen LogP contribution in [0.3, 0.4) is 0 Å². The summed E-state index contributed by atoms with van der Waals surface area (Å²) in [5, 5.41) is 12.6. The van der Waals surface area contributed by atoms with Gasteiger partial charge in [0.05, 0.1) is 16.9 Å². The molecule has 5 heteroatoms. The van der Waals surface area contributed by atoms with Gasteiger partial charge in [-0.15, -0.1) is 11.8 Å². The molecule has 21 heavy (non-hydrogen) atoms. The predicted molar refractivity (Wildman–Crippen MR) is 89.7 cm³/mol. The van der Waals surface area contributed by atoms with Crippen LogP contribution in [-0.4, -0.2) is 21.4 Å². The third kappa shape index (κ3) is 3.13. The van der Waals surface area contributed by atoms with Crippen LogP contribution in [0.2, 0.25) is 0 Å². The SMILES string of the molecule is CCSc1cccc(-n2nc(CC)cc2CC)c1C(=N)N. The fraction of sp³-hybridized carbons (Fsp3) is 0.375. The number of rotatable bonds is 6. The van der Waals surface area contributed by atoms with Crippen molar-refractivity contribution in [1.29, 1.82) is 5.41 Å². The van der Waals surface area contributed by atoms with Crippen LogP contribution in [-0.2, 0) is 12.8 Å². The lowest BCUT2D eigenvalue weighted by molar-refractivity contribution is 0.790. The molecule has 0 unspecified atom stereocenters. The van der Waals surface area contributed by atoms with Crippen LogP contribution in [0.4, 0.5) is 0 Å². The Balaban J connectivity index is 2.65. The van der Waals surface area contributed by atoms with Gasteiger partial charge < -0.3 is 5.73 Å². The molecule has 2 aromatic rings. The number of nitrogens with two attached hydrogens (primary N) is 1. The molecule has 1 aromatic heterocycles. The van der Waals surface area contributed by atoms with E-state index in [0.717, 1.165) is 46.1 Å². The van der Waals surface area contributed by atoms with E-state index in [1.165, 1.54) is 0 Å². The lowest BCUT2D eigenvalue weighted by Gasteiger charge is -2.14. The molecule has 0 aliphatic heterocycles. The van der Waals surface area contributed by atoms with Crippen LogP contribution >= 0.6 is 11.8 Å². The molecular weight excluding hydrogens is 280 g/mol. The Kier molecular flexibility index (Phi) is 5.07. The molecule has 1 heterocycles. The molecule has 2 rings (SSSR count). The Morgan fingerprint density at radius 3 is 2.62 bits per heavy atom. The van der Waals surface area contributed by atoms with E-state index in [0.29, 0.717) is 0 Å². The second-order valence-corrected chi connectivity index (χ2v) is 6.05. The Bertz CT molecular complexity index is 646. The van der Waals surface area contributed by atoms with Crippen molar-refractivity contribution in [3.63, 3.8) is 0 Å². The summed E-state index contributed by atoms with van der Waals surface area (Å²) in [5.74, 6) is 1.04. The highest BCUT2D eigenvalue weighted by Crippen LogP contribution is 2.28. The number of nitrogens with one attached hydrogen (secondary N) is 1. The Hall–Kier alpha value is -1.75. The molecule has 0 spiro atoms. The van der Waals surface area contributed by atoms with Crippen molar-refractivity contribution in [2.24, 2.45) is 5.73 Å². The van der Waals surface area contributed by atoms with Gasteiger partial charge in [0.2, 0.25) is 0 Å². The molecule has 0 radical (unpaired) electrons. The van der Waals surface area contributed by atoms with E-state index < -0.39 is 0 Å². The second kappa shape index (κ2) is 6.80. The van der Waals surface area contributed by atoms with Gasteiger partial charge in [-0.2, -0.15) is 5.10 Å². The zero-order valence-electron chi connectivity index (χ0n) is 12.8. The highest BCUT2D eigenvalue weighted by Gasteiger charge is 2.16. The van der Waals surface area contributed by atoms with Crippen LogP contribution in [0.5, 0.6) is 0 Å². The number of hydrogen-bond donors (Lipinski definition) is 2. The molecule has 0 fully saturated rings. The van der Waals surface area contributed by atoms with Crippen LogP contribution < -0.4 is 5.73 Å². The maximum Gasteiger partial charge on any atom is 0.126 e. The summed E-state index contributed by atoms with van der Waals surface area (Å²) in [6, 6.07) is 8.14. The van der Waals surface area contributed by atoms with E-state index in [9.17, 15) is 0 Å². The van der Waals surface area contributed by atoms with Crippen LogP contribution in [0.15, 0.2) is 29.2 Å². The summed E-state index contributed by atoms with van der Waals surface area (Å²) in [7, 11) is 0. The summed E-state index contributed by atoms with van der Waals surface area (Å²) in [4.78, 5) is 1.04. The summed E-state index contributed by atoms with van der Waals surface area (Å²) in [6.45, 7) is 6.31. The number of aryl methyl sites for hydroxylation is 2. The molecule has 0 saturated heterocycles. The van der Waals surface area contributed by atoms with Gasteiger partial charge in [-0.25, -0.2) is 4.68 Å². The number of amidine groups is 1. The van der Waals surface area contributed by atoms with Crippen molar-refractivity contribution in [2.45, 2.75) is 38.5 Å². The lowest BCUT2D eigenvalue weighted by atomic mass is 10.1. The summed E-state index contributed by atoms with van der Waals surface area (Å²) in [6.07, 6.45) is 1.80. The first kappa shape index (κ1) is 15.6. The predicted octanol–water partition coefficient (Wildman–Crippen LogP) is 3.39. The third-order valence-corrected chi connectivity index (χ3v) is 4.30. The highest BCUT2D eigenvalue weighted by atomic mass is 32.2.